The Hall–Kier alpha value is -1.57. The Morgan fingerprint density at radius 1 is 1.56 bits per heavy atom. The molecule has 0 radical (unpaired) electrons. The van der Waals surface area contributed by atoms with Gasteiger partial charge in [-0.15, -0.1) is 0 Å². The summed E-state index contributed by atoms with van der Waals surface area (Å²) in [6.07, 6.45) is 3.74. The highest BCUT2D eigenvalue weighted by Gasteiger charge is 2.07. The summed E-state index contributed by atoms with van der Waals surface area (Å²) >= 11 is 2.21. The summed E-state index contributed by atoms with van der Waals surface area (Å²) in [7, 11) is 1.62. The second-order valence-corrected chi connectivity index (χ2v) is 5.04. The second kappa shape index (κ2) is 5.38. The van der Waals surface area contributed by atoms with Gasteiger partial charge < -0.3 is 10.5 Å². The van der Waals surface area contributed by atoms with Crippen LogP contribution in [0.1, 0.15) is 11.1 Å². The fourth-order valence-electron chi connectivity index (χ4n) is 1.67. The molecule has 0 aliphatic rings. The molecule has 0 aliphatic heterocycles. The number of hydrogen-bond donors (Lipinski definition) is 2. The van der Waals surface area contributed by atoms with Crippen LogP contribution < -0.4 is 10.5 Å². The zero-order valence-corrected chi connectivity index (χ0v) is 12.0. The van der Waals surface area contributed by atoms with Gasteiger partial charge in [-0.3, -0.25) is 10.1 Å². The van der Waals surface area contributed by atoms with E-state index >= 15 is 0 Å². The number of nitrogen functional groups attached to an aromatic ring is 1. The molecule has 0 atom stereocenters. The van der Waals surface area contributed by atoms with E-state index in [2.05, 4.69) is 27.7 Å². The molecular formula is C12H13IN4O. The van der Waals surface area contributed by atoms with E-state index in [1.54, 1.807) is 19.4 Å². The number of amidine groups is 1. The lowest BCUT2D eigenvalue weighted by Gasteiger charge is -2.10. The Labute approximate surface area is 119 Å². The molecule has 5 nitrogen and oxygen atoms in total. The Morgan fingerprint density at radius 2 is 2.33 bits per heavy atom. The quantitative estimate of drug-likeness (QED) is 0.499. The van der Waals surface area contributed by atoms with Crippen LogP contribution in [0.2, 0.25) is 0 Å². The van der Waals surface area contributed by atoms with Gasteiger partial charge in [0.15, 0.2) is 0 Å². The third-order valence-corrected chi connectivity index (χ3v) is 3.08. The molecule has 0 aliphatic carbocycles. The van der Waals surface area contributed by atoms with Gasteiger partial charge in [-0.05, 0) is 40.8 Å². The van der Waals surface area contributed by atoms with Crippen molar-refractivity contribution >= 4 is 28.4 Å². The van der Waals surface area contributed by atoms with E-state index in [4.69, 9.17) is 15.9 Å². The van der Waals surface area contributed by atoms with Crippen molar-refractivity contribution in [3.05, 3.63) is 45.3 Å². The largest absolute Gasteiger partial charge is 0.496 e. The average molecular weight is 356 g/mol. The van der Waals surface area contributed by atoms with Gasteiger partial charge in [0, 0.05) is 17.3 Å². The normalized spacial score (nSPS) is 10.3. The van der Waals surface area contributed by atoms with Gasteiger partial charge >= 0.3 is 0 Å². The van der Waals surface area contributed by atoms with Crippen LogP contribution in [0, 0.1) is 8.98 Å². The van der Waals surface area contributed by atoms with Gasteiger partial charge in [-0.25, -0.2) is 0 Å². The van der Waals surface area contributed by atoms with Crippen LogP contribution in [-0.4, -0.2) is 22.7 Å². The van der Waals surface area contributed by atoms with E-state index in [-0.39, 0.29) is 5.84 Å². The maximum Gasteiger partial charge on any atom is 0.123 e. The fourth-order valence-corrected chi connectivity index (χ4v) is 2.12. The predicted octanol–water partition coefficient (Wildman–Crippen LogP) is 1.83. The van der Waals surface area contributed by atoms with Crippen LogP contribution in [0.25, 0.3) is 0 Å². The number of halogens is 1. The molecule has 1 aromatic carbocycles. The molecule has 3 N–H and O–H groups in total. The number of nitrogens with one attached hydrogen (secondary N) is 1. The van der Waals surface area contributed by atoms with Gasteiger partial charge in [0.2, 0.25) is 0 Å². The molecule has 1 heterocycles. The lowest BCUT2D eigenvalue weighted by atomic mass is 10.1. The van der Waals surface area contributed by atoms with Crippen molar-refractivity contribution in [3.63, 3.8) is 0 Å². The first kappa shape index (κ1) is 12.9. The van der Waals surface area contributed by atoms with E-state index in [0.717, 1.165) is 14.9 Å². The van der Waals surface area contributed by atoms with Crippen molar-refractivity contribution in [1.82, 2.24) is 9.78 Å². The molecule has 18 heavy (non-hydrogen) atoms. The summed E-state index contributed by atoms with van der Waals surface area (Å²) in [6.45, 7) is 0.591. The summed E-state index contributed by atoms with van der Waals surface area (Å²) in [5.41, 5.74) is 7.13. The summed E-state index contributed by atoms with van der Waals surface area (Å²) in [5, 5.41) is 11.7. The van der Waals surface area contributed by atoms with E-state index in [9.17, 15) is 0 Å². The van der Waals surface area contributed by atoms with Gasteiger partial charge in [0.25, 0.3) is 0 Å². The van der Waals surface area contributed by atoms with Crippen molar-refractivity contribution in [2.45, 2.75) is 6.54 Å². The molecule has 6 heteroatoms. The Balaban J connectivity index is 2.35. The van der Waals surface area contributed by atoms with E-state index in [0.29, 0.717) is 12.1 Å². The minimum Gasteiger partial charge on any atom is -0.496 e. The Morgan fingerprint density at radius 3 is 2.89 bits per heavy atom. The van der Waals surface area contributed by atoms with E-state index < -0.39 is 0 Å². The summed E-state index contributed by atoms with van der Waals surface area (Å²) in [5.74, 6) is 0.819. The number of ether oxygens (including phenoxy) is 1. The molecule has 0 spiro atoms. The minimum atomic E-state index is 0.0500. The van der Waals surface area contributed by atoms with Gasteiger partial charge in [0.05, 0.1) is 23.4 Å². The summed E-state index contributed by atoms with van der Waals surface area (Å²) < 4.78 is 8.21. The highest BCUT2D eigenvalue weighted by molar-refractivity contribution is 14.1. The highest BCUT2D eigenvalue weighted by atomic mass is 127. The first-order valence-electron chi connectivity index (χ1n) is 5.29. The van der Waals surface area contributed by atoms with Gasteiger partial charge in [-0.2, -0.15) is 5.10 Å². The zero-order valence-electron chi connectivity index (χ0n) is 9.85. The molecule has 0 saturated carbocycles. The van der Waals surface area contributed by atoms with Crippen LogP contribution in [-0.2, 0) is 6.54 Å². The molecule has 2 aromatic rings. The lowest BCUT2D eigenvalue weighted by molar-refractivity contribution is 0.407. The Kier molecular flexibility index (Phi) is 3.85. The predicted molar refractivity (Wildman–Crippen MR) is 78.1 cm³/mol. The second-order valence-electron chi connectivity index (χ2n) is 3.80. The number of rotatable bonds is 4. The first-order chi connectivity index (χ1) is 8.60. The van der Waals surface area contributed by atoms with Crippen molar-refractivity contribution in [2.24, 2.45) is 5.73 Å². The number of nitrogens with zero attached hydrogens (tertiary/aromatic N) is 2. The first-order valence-corrected chi connectivity index (χ1v) is 6.37. The monoisotopic (exact) mass is 356 g/mol. The number of nitrogens with two attached hydrogens (primary N) is 1. The van der Waals surface area contributed by atoms with Crippen LogP contribution in [0.4, 0.5) is 0 Å². The Bertz CT molecular complexity index is 579. The minimum absolute atomic E-state index is 0.0500. The molecule has 0 unspecified atom stereocenters. The van der Waals surface area contributed by atoms with Crippen molar-refractivity contribution < 1.29 is 4.74 Å². The molecule has 94 valence electrons. The number of hydrogen-bond acceptors (Lipinski definition) is 3. The summed E-state index contributed by atoms with van der Waals surface area (Å²) in [4.78, 5) is 0. The standard InChI is InChI=1S/C12H13IN4O/c1-18-11-3-2-8(12(14)15)4-9(11)6-17-7-10(13)5-16-17/h2-5,7H,6H2,1H3,(H3,14,15). The summed E-state index contributed by atoms with van der Waals surface area (Å²) in [6, 6.07) is 5.45. The molecule has 0 bridgehead atoms. The number of aromatic nitrogens is 2. The number of benzene rings is 1. The number of methoxy groups -OCH3 is 1. The van der Waals surface area contributed by atoms with Crippen molar-refractivity contribution in [2.75, 3.05) is 7.11 Å². The van der Waals surface area contributed by atoms with Crippen LogP contribution in [0.5, 0.6) is 5.75 Å². The molecule has 0 fully saturated rings. The van der Waals surface area contributed by atoms with Crippen LogP contribution in [0.15, 0.2) is 30.6 Å². The molecule has 0 saturated heterocycles. The van der Waals surface area contributed by atoms with Gasteiger partial charge in [-0.1, -0.05) is 0 Å². The highest BCUT2D eigenvalue weighted by Crippen LogP contribution is 2.21. The van der Waals surface area contributed by atoms with Crippen LogP contribution >= 0.6 is 22.6 Å². The van der Waals surface area contributed by atoms with E-state index in [1.165, 1.54) is 0 Å². The molecule has 1 aromatic heterocycles. The van der Waals surface area contributed by atoms with Crippen molar-refractivity contribution in [1.29, 1.82) is 5.41 Å². The maximum absolute atomic E-state index is 7.46. The fraction of sp³-hybridized carbons (Fsp3) is 0.167. The molecular weight excluding hydrogens is 343 g/mol. The molecule has 2 rings (SSSR count). The maximum atomic E-state index is 7.46. The molecule has 0 amide bonds. The third kappa shape index (κ3) is 2.81. The SMILES string of the molecule is COc1ccc(C(=N)N)cc1Cn1cc(I)cn1. The van der Waals surface area contributed by atoms with Crippen molar-refractivity contribution in [3.8, 4) is 5.75 Å². The third-order valence-electron chi connectivity index (χ3n) is 2.53. The van der Waals surface area contributed by atoms with Crippen LogP contribution in [0.3, 0.4) is 0 Å². The van der Waals surface area contributed by atoms with Gasteiger partial charge in [0.1, 0.15) is 11.6 Å². The topological polar surface area (TPSA) is 76.9 Å². The lowest BCUT2D eigenvalue weighted by Crippen LogP contribution is -2.12. The average Bonchev–Trinajstić information content (AvgIpc) is 2.74. The van der Waals surface area contributed by atoms with E-state index in [1.807, 2.05) is 23.0 Å². The smallest absolute Gasteiger partial charge is 0.123 e. The zero-order chi connectivity index (χ0) is 13.1.